The Bertz CT molecular complexity index is 636. The minimum absolute atomic E-state index is 0.655. The Morgan fingerprint density at radius 1 is 1.13 bits per heavy atom. The summed E-state index contributed by atoms with van der Waals surface area (Å²) in [5, 5.41) is 0. The van der Waals surface area contributed by atoms with Crippen molar-refractivity contribution in [3.05, 3.63) is 65.2 Å². The number of likely N-dealkylation sites (tertiary alicyclic amines) is 1. The van der Waals surface area contributed by atoms with Gasteiger partial charge in [0.1, 0.15) is 0 Å². The van der Waals surface area contributed by atoms with E-state index in [1.807, 2.05) is 0 Å². The van der Waals surface area contributed by atoms with E-state index in [1.165, 1.54) is 41.9 Å². The predicted molar refractivity (Wildman–Crippen MR) is 99.2 cm³/mol. The Morgan fingerprint density at radius 3 is 2.65 bits per heavy atom. The summed E-state index contributed by atoms with van der Waals surface area (Å²) >= 11 is 0. The smallest absolute Gasteiger partial charge is 0.0399 e. The molecule has 2 nitrogen and oxygen atoms in total. The average molecular weight is 308 g/mol. The highest BCUT2D eigenvalue weighted by atomic mass is 15.1. The summed E-state index contributed by atoms with van der Waals surface area (Å²) in [6.45, 7) is 8.92. The molecule has 2 heteroatoms. The van der Waals surface area contributed by atoms with Gasteiger partial charge in [-0.1, -0.05) is 48.0 Å². The van der Waals surface area contributed by atoms with Crippen LogP contribution in [0, 0.1) is 6.92 Å². The second kappa shape index (κ2) is 7.18. The molecule has 1 aliphatic rings. The van der Waals surface area contributed by atoms with Gasteiger partial charge < -0.3 is 4.90 Å². The number of benzene rings is 2. The summed E-state index contributed by atoms with van der Waals surface area (Å²) in [6.07, 6.45) is 1.26. The van der Waals surface area contributed by atoms with Crippen molar-refractivity contribution >= 4 is 5.69 Å². The molecule has 23 heavy (non-hydrogen) atoms. The molecule has 1 unspecified atom stereocenters. The second-order valence-corrected chi connectivity index (χ2v) is 6.78. The van der Waals surface area contributed by atoms with Gasteiger partial charge in [-0.05, 0) is 49.9 Å². The van der Waals surface area contributed by atoms with E-state index in [2.05, 4.69) is 79.2 Å². The molecule has 1 fully saturated rings. The van der Waals surface area contributed by atoms with Crippen LogP contribution in [0.3, 0.4) is 0 Å². The Balaban J connectivity index is 1.75. The number of anilines is 1. The highest BCUT2D eigenvalue weighted by molar-refractivity contribution is 5.56. The highest BCUT2D eigenvalue weighted by Gasteiger charge is 2.26. The zero-order chi connectivity index (χ0) is 16.2. The summed E-state index contributed by atoms with van der Waals surface area (Å²) in [6, 6.07) is 17.8. The lowest BCUT2D eigenvalue weighted by Gasteiger charge is -2.24. The standard InChI is InChI=1S/C21H28N2/c1-4-22(3)21-11-10-17(2)14-20(21)19-12-13-23(16-19)15-18-8-6-5-7-9-18/h5-11,14,19H,4,12-13,15-16H2,1-3H3. The van der Waals surface area contributed by atoms with Crippen LogP contribution < -0.4 is 4.90 Å². The first-order valence-corrected chi connectivity index (χ1v) is 8.75. The molecule has 0 bridgehead atoms. The van der Waals surface area contributed by atoms with Crippen molar-refractivity contribution < 1.29 is 0 Å². The quantitative estimate of drug-likeness (QED) is 0.805. The van der Waals surface area contributed by atoms with Gasteiger partial charge in [-0.25, -0.2) is 0 Å². The van der Waals surface area contributed by atoms with Crippen LogP contribution in [-0.4, -0.2) is 31.6 Å². The fraction of sp³-hybridized carbons (Fsp3) is 0.429. The minimum Gasteiger partial charge on any atom is -0.375 e. The maximum atomic E-state index is 2.60. The number of rotatable bonds is 5. The lowest BCUT2D eigenvalue weighted by molar-refractivity contribution is 0.327. The van der Waals surface area contributed by atoms with Crippen molar-refractivity contribution in [1.82, 2.24) is 4.90 Å². The second-order valence-electron chi connectivity index (χ2n) is 6.78. The van der Waals surface area contributed by atoms with Gasteiger partial charge in [0.2, 0.25) is 0 Å². The van der Waals surface area contributed by atoms with Gasteiger partial charge in [-0.3, -0.25) is 4.90 Å². The summed E-state index contributed by atoms with van der Waals surface area (Å²) in [5.41, 5.74) is 5.73. The lowest BCUT2D eigenvalue weighted by Crippen LogP contribution is -2.21. The number of hydrogen-bond donors (Lipinski definition) is 0. The van der Waals surface area contributed by atoms with Gasteiger partial charge in [0.15, 0.2) is 0 Å². The first-order valence-electron chi connectivity index (χ1n) is 8.75. The van der Waals surface area contributed by atoms with Crippen LogP contribution in [0.2, 0.25) is 0 Å². The maximum Gasteiger partial charge on any atom is 0.0399 e. The molecular formula is C21H28N2. The minimum atomic E-state index is 0.655. The summed E-state index contributed by atoms with van der Waals surface area (Å²) < 4.78 is 0. The Morgan fingerprint density at radius 2 is 1.91 bits per heavy atom. The fourth-order valence-electron chi connectivity index (χ4n) is 3.59. The molecule has 2 aromatic rings. The van der Waals surface area contributed by atoms with Crippen molar-refractivity contribution in [2.45, 2.75) is 32.7 Å². The summed E-state index contributed by atoms with van der Waals surface area (Å²) in [5.74, 6) is 0.655. The molecule has 0 N–H and O–H groups in total. The third kappa shape index (κ3) is 3.76. The van der Waals surface area contributed by atoms with Crippen molar-refractivity contribution in [2.24, 2.45) is 0 Å². The summed E-state index contributed by atoms with van der Waals surface area (Å²) in [4.78, 5) is 4.96. The molecule has 0 saturated carbocycles. The molecule has 1 atom stereocenters. The predicted octanol–water partition coefficient (Wildman–Crippen LogP) is 4.44. The molecule has 1 heterocycles. The van der Waals surface area contributed by atoms with Crippen LogP contribution >= 0.6 is 0 Å². The number of hydrogen-bond acceptors (Lipinski definition) is 2. The van der Waals surface area contributed by atoms with Gasteiger partial charge in [-0.15, -0.1) is 0 Å². The third-order valence-corrected chi connectivity index (χ3v) is 5.03. The highest BCUT2D eigenvalue weighted by Crippen LogP contribution is 2.35. The van der Waals surface area contributed by atoms with Crippen molar-refractivity contribution in [1.29, 1.82) is 0 Å². The zero-order valence-electron chi connectivity index (χ0n) is 14.6. The van der Waals surface area contributed by atoms with Crippen molar-refractivity contribution in [3.8, 4) is 0 Å². The van der Waals surface area contributed by atoms with Gasteiger partial charge in [0, 0.05) is 32.4 Å². The van der Waals surface area contributed by atoms with Crippen LogP contribution in [-0.2, 0) is 6.54 Å². The lowest BCUT2D eigenvalue weighted by atomic mass is 9.94. The molecule has 0 amide bonds. The number of nitrogens with zero attached hydrogens (tertiary/aromatic N) is 2. The van der Waals surface area contributed by atoms with E-state index in [4.69, 9.17) is 0 Å². The molecule has 2 aromatic carbocycles. The van der Waals surface area contributed by atoms with E-state index in [9.17, 15) is 0 Å². The van der Waals surface area contributed by atoms with Crippen LogP contribution in [0.1, 0.15) is 36.0 Å². The van der Waals surface area contributed by atoms with Crippen LogP contribution in [0.15, 0.2) is 48.5 Å². The number of aryl methyl sites for hydroxylation is 1. The fourth-order valence-corrected chi connectivity index (χ4v) is 3.59. The van der Waals surface area contributed by atoms with Crippen LogP contribution in [0.25, 0.3) is 0 Å². The van der Waals surface area contributed by atoms with Crippen LogP contribution in [0.5, 0.6) is 0 Å². The summed E-state index contributed by atoms with van der Waals surface area (Å²) in [7, 11) is 2.20. The molecule has 1 aliphatic heterocycles. The van der Waals surface area contributed by atoms with E-state index in [-0.39, 0.29) is 0 Å². The molecule has 1 saturated heterocycles. The Labute approximate surface area is 140 Å². The zero-order valence-corrected chi connectivity index (χ0v) is 14.6. The van der Waals surface area contributed by atoms with E-state index < -0.39 is 0 Å². The van der Waals surface area contributed by atoms with E-state index >= 15 is 0 Å². The molecule has 122 valence electrons. The first-order chi connectivity index (χ1) is 11.2. The van der Waals surface area contributed by atoms with Crippen molar-refractivity contribution in [2.75, 3.05) is 31.6 Å². The average Bonchev–Trinajstić information content (AvgIpc) is 3.03. The van der Waals surface area contributed by atoms with E-state index in [0.29, 0.717) is 5.92 Å². The van der Waals surface area contributed by atoms with E-state index in [0.717, 1.165) is 13.1 Å². The molecule has 0 spiro atoms. The molecule has 3 rings (SSSR count). The van der Waals surface area contributed by atoms with Gasteiger partial charge in [0.05, 0.1) is 0 Å². The van der Waals surface area contributed by atoms with Gasteiger partial charge >= 0.3 is 0 Å². The Kier molecular flexibility index (Phi) is 5.02. The molecule has 0 radical (unpaired) electrons. The van der Waals surface area contributed by atoms with E-state index in [1.54, 1.807) is 0 Å². The van der Waals surface area contributed by atoms with Crippen molar-refractivity contribution in [3.63, 3.8) is 0 Å². The van der Waals surface area contributed by atoms with Gasteiger partial charge in [-0.2, -0.15) is 0 Å². The molecular weight excluding hydrogens is 280 g/mol. The maximum absolute atomic E-state index is 2.60. The van der Waals surface area contributed by atoms with Crippen LogP contribution in [0.4, 0.5) is 5.69 Å². The topological polar surface area (TPSA) is 6.48 Å². The van der Waals surface area contributed by atoms with Gasteiger partial charge in [0.25, 0.3) is 0 Å². The third-order valence-electron chi connectivity index (χ3n) is 5.03. The Hall–Kier alpha value is -1.80. The normalized spacial score (nSPS) is 18.3. The monoisotopic (exact) mass is 308 g/mol. The largest absolute Gasteiger partial charge is 0.375 e. The molecule has 0 aromatic heterocycles. The SMILES string of the molecule is CCN(C)c1ccc(C)cc1C1CCN(Cc2ccccc2)C1. The molecule has 0 aliphatic carbocycles. The first kappa shape index (κ1) is 16.1.